The molecule has 1 heterocycles. The standard InChI is InChI=1S/C14H18N2O/c1-9-4-6-13(12(15)8-9)16-11(3)14-7-5-10(2)17-14/h4-8,11,16H,15H2,1-3H3. The maximum Gasteiger partial charge on any atom is 0.126 e. The summed E-state index contributed by atoms with van der Waals surface area (Å²) in [6, 6.07) is 10.1. The zero-order valence-corrected chi connectivity index (χ0v) is 10.4. The second-order valence-electron chi connectivity index (χ2n) is 4.41. The summed E-state index contributed by atoms with van der Waals surface area (Å²) >= 11 is 0. The Hall–Kier alpha value is -1.90. The molecule has 3 nitrogen and oxygen atoms in total. The van der Waals surface area contributed by atoms with Crippen LogP contribution >= 0.6 is 0 Å². The maximum atomic E-state index is 5.96. The first-order valence-electron chi connectivity index (χ1n) is 5.75. The topological polar surface area (TPSA) is 51.2 Å². The van der Waals surface area contributed by atoms with Gasteiger partial charge in [-0.1, -0.05) is 6.07 Å². The molecule has 0 aliphatic carbocycles. The van der Waals surface area contributed by atoms with Crippen molar-refractivity contribution in [3.05, 3.63) is 47.4 Å². The van der Waals surface area contributed by atoms with E-state index < -0.39 is 0 Å². The predicted octanol–water partition coefficient (Wildman–Crippen LogP) is 3.65. The molecule has 3 heteroatoms. The van der Waals surface area contributed by atoms with Crippen LogP contribution < -0.4 is 11.1 Å². The van der Waals surface area contributed by atoms with Gasteiger partial charge in [-0.2, -0.15) is 0 Å². The third-order valence-corrected chi connectivity index (χ3v) is 2.77. The van der Waals surface area contributed by atoms with E-state index in [1.54, 1.807) is 0 Å². The summed E-state index contributed by atoms with van der Waals surface area (Å²) in [5.74, 6) is 1.84. The maximum absolute atomic E-state index is 5.96. The summed E-state index contributed by atoms with van der Waals surface area (Å²) in [4.78, 5) is 0. The summed E-state index contributed by atoms with van der Waals surface area (Å²) < 4.78 is 5.58. The average Bonchev–Trinajstić information content (AvgIpc) is 2.69. The van der Waals surface area contributed by atoms with Gasteiger partial charge in [0.25, 0.3) is 0 Å². The van der Waals surface area contributed by atoms with Crippen LogP contribution in [-0.4, -0.2) is 0 Å². The predicted molar refractivity (Wildman–Crippen MR) is 71.1 cm³/mol. The minimum absolute atomic E-state index is 0.105. The minimum atomic E-state index is 0.105. The SMILES string of the molecule is Cc1ccc(NC(C)c2ccc(C)o2)c(N)c1. The highest BCUT2D eigenvalue weighted by molar-refractivity contribution is 5.67. The van der Waals surface area contributed by atoms with Gasteiger partial charge in [-0.3, -0.25) is 0 Å². The molecule has 0 saturated heterocycles. The first kappa shape index (κ1) is 11.6. The van der Waals surface area contributed by atoms with Crippen LogP contribution in [-0.2, 0) is 0 Å². The number of nitrogens with one attached hydrogen (secondary N) is 1. The molecule has 1 aromatic carbocycles. The molecule has 0 spiro atoms. The van der Waals surface area contributed by atoms with Crippen molar-refractivity contribution >= 4 is 11.4 Å². The van der Waals surface area contributed by atoms with Gasteiger partial charge in [0.1, 0.15) is 11.5 Å². The molecule has 1 atom stereocenters. The largest absolute Gasteiger partial charge is 0.464 e. The molecule has 0 amide bonds. The Labute approximate surface area is 102 Å². The summed E-state index contributed by atoms with van der Waals surface area (Å²) in [7, 11) is 0. The lowest BCUT2D eigenvalue weighted by Crippen LogP contribution is -2.07. The number of hydrogen-bond acceptors (Lipinski definition) is 3. The quantitative estimate of drug-likeness (QED) is 0.791. The van der Waals surface area contributed by atoms with Gasteiger partial charge in [0, 0.05) is 0 Å². The van der Waals surface area contributed by atoms with E-state index >= 15 is 0 Å². The lowest BCUT2D eigenvalue weighted by Gasteiger charge is -2.15. The third-order valence-electron chi connectivity index (χ3n) is 2.77. The van der Waals surface area contributed by atoms with Gasteiger partial charge in [0.15, 0.2) is 0 Å². The van der Waals surface area contributed by atoms with Crippen molar-refractivity contribution in [1.82, 2.24) is 0 Å². The van der Waals surface area contributed by atoms with E-state index in [1.165, 1.54) is 0 Å². The fraction of sp³-hybridized carbons (Fsp3) is 0.286. The molecule has 3 N–H and O–H groups in total. The first-order chi connectivity index (χ1) is 8.06. The highest BCUT2D eigenvalue weighted by Gasteiger charge is 2.10. The van der Waals surface area contributed by atoms with Crippen LogP contribution in [0.2, 0.25) is 0 Å². The molecule has 17 heavy (non-hydrogen) atoms. The second-order valence-corrected chi connectivity index (χ2v) is 4.41. The van der Waals surface area contributed by atoms with Gasteiger partial charge < -0.3 is 15.5 Å². The Balaban J connectivity index is 2.15. The van der Waals surface area contributed by atoms with E-state index in [4.69, 9.17) is 10.2 Å². The van der Waals surface area contributed by atoms with Crippen LogP contribution in [0.4, 0.5) is 11.4 Å². The molecular weight excluding hydrogens is 212 g/mol. The number of hydrogen-bond donors (Lipinski definition) is 2. The van der Waals surface area contributed by atoms with Crippen molar-refractivity contribution in [1.29, 1.82) is 0 Å². The molecular formula is C14H18N2O. The Morgan fingerprint density at radius 2 is 1.94 bits per heavy atom. The summed E-state index contributed by atoms with van der Waals surface area (Å²) in [5.41, 5.74) is 8.83. The van der Waals surface area contributed by atoms with Gasteiger partial charge in [0.05, 0.1) is 17.4 Å². The van der Waals surface area contributed by atoms with Crippen molar-refractivity contribution in [3.8, 4) is 0 Å². The molecule has 0 fully saturated rings. The second kappa shape index (κ2) is 4.53. The van der Waals surface area contributed by atoms with Crippen molar-refractivity contribution < 1.29 is 4.42 Å². The summed E-state index contributed by atoms with van der Waals surface area (Å²) in [5, 5.41) is 3.35. The van der Waals surface area contributed by atoms with Crippen molar-refractivity contribution in [2.75, 3.05) is 11.1 Å². The lowest BCUT2D eigenvalue weighted by molar-refractivity contribution is 0.467. The number of anilines is 2. The van der Waals surface area contributed by atoms with Crippen LogP contribution in [0.5, 0.6) is 0 Å². The van der Waals surface area contributed by atoms with E-state index in [-0.39, 0.29) is 6.04 Å². The Bertz CT molecular complexity index is 517. The zero-order valence-electron chi connectivity index (χ0n) is 10.4. The van der Waals surface area contributed by atoms with E-state index in [1.807, 2.05) is 44.2 Å². The Morgan fingerprint density at radius 3 is 2.53 bits per heavy atom. The monoisotopic (exact) mass is 230 g/mol. The Morgan fingerprint density at radius 1 is 1.18 bits per heavy atom. The number of benzene rings is 1. The van der Waals surface area contributed by atoms with E-state index in [0.29, 0.717) is 0 Å². The zero-order chi connectivity index (χ0) is 12.4. The molecule has 1 unspecified atom stereocenters. The van der Waals surface area contributed by atoms with Gasteiger partial charge in [0.2, 0.25) is 0 Å². The molecule has 90 valence electrons. The van der Waals surface area contributed by atoms with Gasteiger partial charge >= 0.3 is 0 Å². The van der Waals surface area contributed by atoms with E-state index in [0.717, 1.165) is 28.5 Å². The molecule has 0 radical (unpaired) electrons. The number of nitrogens with two attached hydrogens (primary N) is 1. The minimum Gasteiger partial charge on any atom is -0.464 e. The number of rotatable bonds is 3. The molecule has 0 saturated carbocycles. The summed E-state index contributed by atoms with van der Waals surface area (Å²) in [6.45, 7) is 6.02. The molecule has 1 aromatic heterocycles. The fourth-order valence-electron chi connectivity index (χ4n) is 1.80. The highest BCUT2D eigenvalue weighted by Crippen LogP contribution is 2.25. The van der Waals surface area contributed by atoms with Crippen LogP contribution in [0.3, 0.4) is 0 Å². The normalized spacial score (nSPS) is 12.4. The first-order valence-corrected chi connectivity index (χ1v) is 5.75. The third kappa shape index (κ3) is 2.61. The van der Waals surface area contributed by atoms with Gasteiger partial charge in [-0.15, -0.1) is 0 Å². The number of furan rings is 1. The lowest BCUT2D eigenvalue weighted by atomic mass is 10.1. The fourth-order valence-corrected chi connectivity index (χ4v) is 1.80. The van der Waals surface area contributed by atoms with Crippen LogP contribution in [0.15, 0.2) is 34.7 Å². The molecule has 0 aliphatic rings. The van der Waals surface area contributed by atoms with Crippen LogP contribution in [0.1, 0.15) is 30.0 Å². The van der Waals surface area contributed by atoms with Crippen LogP contribution in [0.25, 0.3) is 0 Å². The van der Waals surface area contributed by atoms with E-state index in [9.17, 15) is 0 Å². The van der Waals surface area contributed by atoms with Crippen LogP contribution in [0, 0.1) is 13.8 Å². The molecule has 0 aliphatic heterocycles. The van der Waals surface area contributed by atoms with Crippen molar-refractivity contribution in [2.24, 2.45) is 0 Å². The number of nitrogen functional groups attached to an aromatic ring is 1. The molecule has 2 aromatic rings. The average molecular weight is 230 g/mol. The molecule has 2 rings (SSSR count). The smallest absolute Gasteiger partial charge is 0.126 e. The summed E-state index contributed by atoms with van der Waals surface area (Å²) in [6.07, 6.45) is 0. The van der Waals surface area contributed by atoms with Crippen molar-refractivity contribution in [3.63, 3.8) is 0 Å². The Kier molecular flexibility index (Phi) is 3.09. The highest BCUT2D eigenvalue weighted by atomic mass is 16.3. The number of aryl methyl sites for hydroxylation is 2. The van der Waals surface area contributed by atoms with Gasteiger partial charge in [-0.05, 0) is 50.6 Å². The van der Waals surface area contributed by atoms with E-state index in [2.05, 4.69) is 12.2 Å². The van der Waals surface area contributed by atoms with Gasteiger partial charge in [-0.25, -0.2) is 0 Å². The molecule has 0 bridgehead atoms. The van der Waals surface area contributed by atoms with Crippen molar-refractivity contribution in [2.45, 2.75) is 26.8 Å².